The molecule has 1 heterocycles. The van der Waals surface area contributed by atoms with Crippen molar-refractivity contribution in [1.29, 1.82) is 0 Å². The van der Waals surface area contributed by atoms with Gasteiger partial charge in [-0.1, -0.05) is 29.3 Å². The van der Waals surface area contributed by atoms with Crippen molar-refractivity contribution in [1.82, 2.24) is 4.98 Å². The Bertz CT molecular complexity index is 541. The molecule has 0 fully saturated rings. The molecule has 0 aromatic carbocycles. The van der Waals surface area contributed by atoms with Crippen molar-refractivity contribution in [2.24, 2.45) is 0 Å². The van der Waals surface area contributed by atoms with Gasteiger partial charge >= 0.3 is 0 Å². The highest BCUT2D eigenvalue weighted by molar-refractivity contribution is 6.42. The summed E-state index contributed by atoms with van der Waals surface area (Å²) in [6, 6.07) is 5.86. The summed E-state index contributed by atoms with van der Waals surface area (Å²) in [5, 5.41) is -5.02. The standard InChI is InChI=1S/C7H4Cl3F3.C6H7N/c1-2-3(8)5(9)7(10,13)6(12)4(2)11;1-6-4-2-3-5-7-6/h5H,1H3;2-5H,1H3. The van der Waals surface area contributed by atoms with Gasteiger partial charge in [-0.05, 0) is 26.0 Å². The summed E-state index contributed by atoms with van der Waals surface area (Å²) in [5.41, 5.74) is 0.843. The van der Waals surface area contributed by atoms with Gasteiger partial charge in [-0.3, -0.25) is 4.98 Å². The smallest absolute Gasteiger partial charge is 0.258 e. The highest BCUT2D eigenvalue weighted by Crippen LogP contribution is 2.47. The van der Waals surface area contributed by atoms with Crippen molar-refractivity contribution in [2.45, 2.75) is 24.4 Å². The predicted molar refractivity (Wildman–Crippen MR) is 76.1 cm³/mol. The largest absolute Gasteiger partial charge is 0.262 e. The predicted octanol–water partition coefficient (Wildman–Crippen LogP) is 5.57. The Morgan fingerprint density at radius 2 is 1.85 bits per heavy atom. The third kappa shape index (κ3) is 3.68. The van der Waals surface area contributed by atoms with Crippen LogP contribution in [-0.4, -0.2) is 15.5 Å². The molecule has 0 radical (unpaired) electrons. The molecule has 0 N–H and O–H groups in total. The maximum atomic E-state index is 13.2. The van der Waals surface area contributed by atoms with Gasteiger partial charge in [-0.25, -0.2) is 13.2 Å². The number of aromatic nitrogens is 1. The number of pyridine rings is 1. The highest BCUT2D eigenvalue weighted by Gasteiger charge is 2.49. The Balaban J connectivity index is 0.000000240. The van der Waals surface area contributed by atoms with Gasteiger partial charge in [-0.2, -0.15) is 0 Å². The van der Waals surface area contributed by atoms with Gasteiger partial charge in [0, 0.05) is 22.5 Å². The van der Waals surface area contributed by atoms with Crippen LogP contribution in [0.2, 0.25) is 0 Å². The summed E-state index contributed by atoms with van der Waals surface area (Å²) in [6.45, 7) is 3.17. The molecule has 1 aromatic heterocycles. The number of hydrogen-bond acceptors (Lipinski definition) is 1. The minimum absolute atomic E-state index is 0.229. The average molecular weight is 345 g/mol. The number of hydrogen-bond donors (Lipinski definition) is 0. The first kappa shape index (κ1) is 17.3. The fourth-order valence-corrected chi connectivity index (χ4v) is 2.07. The van der Waals surface area contributed by atoms with Gasteiger partial charge in [-0.15, -0.1) is 11.6 Å². The summed E-state index contributed by atoms with van der Waals surface area (Å²) in [7, 11) is 0. The van der Waals surface area contributed by atoms with Crippen molar-refractivity contribution in [3.8, 4) is 0 Å². The Labute approximate surface area is 130 Å². The lowest BCUT2D eigenvalue weighted by molar-refractivity contribution is 0.265. The van der Waals surface area contributed by atoms with Crippen molar-refractivity contribution in [3.05, 3.63) is 52.3 Å². The number of nitrogens with zero attached hydrogens (tertiary/aromatic N) is 1. The molecule has 0 amide bonds. The molecule has 2 rings (SSSR count). The van der Waals surface area contributed by atoms with E-state index in [9.17, 15) is 13.2 Å². The van der Waals surface area contributed by atoms with Crippen LogP contribution in [0.5, 0.6) is 0 Å². The Hall–Kier alpha value is -0.710. The summed E-state index contributed by atoms with van der Waals surface area (Å²) >= 11 is 15.9. The molecule has 1 aliphatic carbocycles. The van der Waals surface area contributed by atoms with E-state index in [0.717, 1.165) is 5.69 Å². The van der Waals surface area contributed by atoms with E-state index in [1.165, 1.54) is 6.92 Å². The highest BCUT2D eigenvalue weighted by atomic mass is 35.5. The Morgan fingerprint density at radius 3 is 2.25 bits per heavy atom. The van der Waals surface area contributed by atoms with E-state index < -0.39 is 22.2 Å². The molecule has 2 atom stereocenters. The molecule has 1 aliphatic rings. The van der Waals surface area contributed by atoms with Gasteiger partial charge in [0.2, 0.25) is 0 Å². The quantitative estimate of drug-likeness (QED) is 0.561. The van der Waals surface area contributed by atoms with Crippen LogP contribution >= 0.6 is 34.8 Å². The summed E-state index contributed by atoms with van der Waals surface area (Å²) < 4.78 is 38.9. The zero-order valence-corrected chi connectivity index (χ0v) is 12.9. The van der Waals surface area contributed by atoms with Crippen molar-refractivity contribution in [2.75, 3.05) is 0 Å². The maximum Gasteiger partial charge on any atom is 0.258 e. The molecule has 0 spiro atoms. The van der Waals surface area contributed by atoms with E-state index in [0.29, 0.717) is 0 Å². The molecule has 20 heavy (non-hydrogen) atoms. The third-order valence-electron chi connectivity index (χ3n) is 2.53. The lowest BCUT2D eigenvalue weighted by Crippen LogP contribution is -2.33. The Morgan fingerprint density at radius 1 is 1.25 bits per heavy atom. The number of rotatable bonds is 0. The van der Waals surface area contributed by atoms with Crippen molar-refractivity contribution in [3.63, 3.8) is 0 Å². The van der Waals surface area contributed by atoms with Gasteiger partial charge in [0.15, 0.2) is 11.7 Å². The van der Waals surface area contributed by atoms with E-state index in [4.69, 9.17) is 34.8 Å². The Kier molecular flexibility index (Phi) is 5.92. The van der Waals surface area contributed by atoms with Crippen LogP contribution in [0.25, 0.3) is 0 Å². The molecule has 7 heteroatoms. The molecular formula is C13H11Cl3F3N. The number of aryl methyl sites for hydroxylation is 1. The fraction of sp³-hybridized carbons (Fsp3) is 0.308. The van der Waals surface area contributed by atoms with Crippen LogP contribution in [0, 0.1) is 6.92 Å². The van der Waals surface area contributed by atoms with Crippen LogP contribution < -0.4 is 0 Å². The van der Waals surface area contributed by atoms with Crippen LogP contribution in [-0.2, 0) is 0 Å². The molecule has 1 aromatic rings. The second kappa shape index (κ2) is 6.83. The number of halogens is 6. The molecule has 110 valence electrons. The zero-order valence-electron chi connectivity index (χ0n) is 10.6. The van der Waals surface area contributed by atoms with E-state index in [2.05, 4.69) is 4.98 Å². The second-order valence-corrected chi connectivity index (χ2v) is 5.45. The molecule has 0 bridgehead atoms. The van der Waals surface area contributed by atoms with Crippen molar-refractivity contribution >= 4 is 34.8 Å². The van der Waals surface area contributed by atoms with Crippen LogP contribution in [0.15, 0.2) is 46.7 Å². The molecule has 1 nitrogen and oxygen atoms in total. The minimum atomic E-state index is -3.10. The first-order chi connectivity index (χ1) is 9.19. The van der Waals surface area contributed by atoms with Gasteiger partial charge in [0.05, 0.1) is 0 Å². The van der Waals surface area contributed by atoms with Crippen LogP contribution in [0.1, 0.15) is 12.6 Å². The normalized spacial score (nSPS) is 26.3. The minimum Gasteiger partial charge on any atom is -0.262 e. The first-order valence-electron chi connectivity index (χ1n) is 5.51. The van der Waals surface area contributed by atoms with E-state index in [1.807, 2.05) is 25.1 Å². The van der Waals surface area contributed by atoms with Gasteiger partial charge < -0.3 is 0 Å². The van der Waals surface area contributed by atoms with Crippen LogP contribution in [0.4, 0.5) is 13.2 Å². The topological polar surface area (TPSA) is 12.9 Å². The first-order valence-corrected chi connectivity index (χ1v) is 6.70. The number of allylic oxidation sites excluding steroid dienone is 4. The average Bonchev–Trinajstić information content (AvgIpc) is 2.43. The summed E-state index contributed by atoms with van der Waals surface area (Å²) in [6.07, 6.45) is 1.79. The molecule has 2 unspecified atom stereocenters. The van der Waals surface area contributed by atoms with E-state index >= 15 is 0 Å². The lowest BCUT2D eigenvalue weighted by Gasteiger charge is -2.26. The molecular weight excluding hydrogens is 334 g/mol. The molecule has 0 saturated carbocycles. The lowest BCUT2D eigenvalue weighted by atomic mass is 10.0. The maximum absolute atomic E-state index is 13.2. The number of alkyl halides is 3. The fourth-order valence-electron chi connectivity index (χ4n) is 1.32. The van der Waals surface area contributed by atoms with Gasteiger partial charge in [0.1, 0.15) is 5.38 Å². The zero-order chi connectivity index (χ0) is 15.5. The second-order valence-electron chi connectivity index (χ2n) is 4.06. The molecule has 0 aliphatic heterocycles. The van der Waals surface area contributed by atoms with Crippen molar-refractivity contribution < 1.29 is 13.2 Å². The molecule has 0 saturated heterocycles. The van der Waals surface area contributed by atoms with Crippen LogP contribution in [0.3, 0.4) is 0 Å². The van der Waals surface area contributed by atoms with E-state index in [1.54, 1.807) is 6.20 Å². The van der Waals surface area contributed by atoms with E-state index in [-0.39, 0.29) is 10.6 Å². The summed E-state index contributed by atoms with van der Waals surface area (Å²) in [5.74, 6) is -3.12. The third-order valence-corrected chi connectivity index (χ3v) is 4.15. The van der Waals surface area contributed by atoms with Gasteiger partial charge in [0.25, 0.3) is 5.13 Å². The summed E-state index contributed by atoms with van der Waals surface area (Å²) in [4.78, 5) is 3.98. The SMILES string of the molecule is CC1=C(Cl)C(Cl)C(F)(Cl)C(F)=C1F.Cc1ccccn1. The monoisotopic (exact) mass is 343 g/mol.